The first-order valence-electron chi connectivity index (χ1n) is 1.19. The fourth-order valence-electron chi connectivity index (χ4n) is 0. The minimum atomic E-state index is -0.481. The minimum Gasteiger partial charge on any atom is -0.366 e. The SMILES string of the molecule is C=CC(N)=O.S. The van der Waals surface area contributed by atoms with E-state index in [1.165, 1.54) is 0 Å². The molecule has 2 N–H and O–H groups in total. The molecule has 36 valence electrons. The van der Waals surface area contributed by atoms with Gasteiger partial charge in [0.1, 0.15) is 0 Å². The van der Waals surface area contributed by atoms with Gasteiger partial charge in [0.25, 0.3) is 0 Å². The summed E-state index contributed by atoms with van der Waals surface area (Å²) in [6.07, 6.45) is 1.06. The molecule has 0 saturated carbocycles. The molecular formula is C3H7NOS. The van der Waals surface area contributed by atoms with Gasteiger partial charge in [-0.05, 0) is 6.08 Å². The Bertz CT molecular complexity index is 61.8. The molecule has 0 saturated heterocycles. The lowest BCUT2D eigenvalue weighted by molar-refractivity contribution is -0.113. The van der Waals surface area contributed by atoms with Crippen molar-refractivity contribution >= 4 is 19.4 Å². The molecule has 0 aromatic rings. The second-order valence-corrected chi connectivity index (χ2v) is 0.606. The highest BCUT2D eigenvalue weighted by Gasteiger charge is 1.69. The highest BCUT2D eigenvalue weighted by Crippen LogP contribution is 1.48. The molecule has 0 bridgehead atoms. The van der Waals surface area contributed by atoms with Gasteiger partial charge in [0.05, 0.1) is 0 Å². The Morgan fingerprint density at radius 3 is 2.00 bits per heavy atom. The molecule has 2 nitrogen and oxygen atoms in total. The molecule has 0 radical (unpaired) electrons. The Morgan fingerprint density at radius 1 is 1.83 bits per heavy atom. The topological polar surface area (TPSA) is 43.1 Å². The van der Waals surface area contributed by atoms with E-state index >= 15 is 0 Å². The van der Waals surface area contributed by atoms with Gasteiger partial charge in [-0.3, -0.25) is 4.79 Å². The zero-order valence-electron chi connectivity index (χ0n) is 3.27. The monoisotopic (exact) mass is 105 g/mol. The van der Waals surface area contributed by atoms with E-state index in [1.54, 1.807) is 0 Å². The summed E-state index contributed by atoms with van der Waals surface area (Å²) in [5.41, 5.74) is 4.53. The fraction of sp³-hybridized carbons (Fsp3) is 0. The molecule has 6 heavy (non-hydrogen) atoms. The van der Waals surface area contributed by atoms with Crippen LogP contribution in [0, 0.1) is 0 Å². The summed E-state index contributed by atoms with van der Waals surface area (Å²) >= 11 is 0. The summed E-state index contributed by atoms with van der Waals surface area (Å²) in [5, 5.41) is 0. The molecule has 0 aromatic carbocycles. The van der Waals surface area contributed by atoms with Crippen molar-refractivity contribution in [1.29, 1.82) is 0 Å². The number of hydrogen-bond acceptors (Lipinski definition) is 1. The van der Waals surface area contributed by atoms with Gasteiger partial charge >= 0.3 is 0 Å². The van der Waals surface area contributed by atoms with Crippen molar-refractivity contribution in [3.8, 4) is 0 Å². The van der Waals surface area contributed by atoms with Crippen molar-refractivity contribution in [3.63, 3.8) is 0 Å². The molecule has 0 heterocycles. The van der Waals surface area contributed by atoms with Gasteiger partial charge in [-0.2, -0.15) is 13.5 Å². The second kappa shape index (κ2) is 4.56. The molecule has 0 spiro atoms. The lowest BCUT2D eigenvalue weighted by Crippen LogP contribution is -2.04. The first-order valence-corrected chi connectivity index (χ1v) is 1.19. The summed E-state index contributed by atoms with van der Waals surface area (Å²) in [4.78, 5) is 9.47. The standard InChI is InChI=1S/C3H5NO.H2S/c1-2-3(4)5;/h2H,1H2,(H2,4,5);1H2. The van der Waals surface area contributed by atoms with Crippen molar-refractivity contribution < 1.29 is 4.79 Å². The maximum absolute atomic E-state index is 9.47. The molecule has 0 fully saturated rings. The van der Waals surface area contributed by atoms with Crippen LogP contribution in [-0.2, 0) is 4.79 Å². The number of amides is 1. The van der Waals surface area contributed by atoms with Crippen LogP contribution in [0.15, 0.2) is 12.7 Å². The van der Waals surface area contributed by atoms with E-state index in [0.29, 0.717) is 0 Å². The zero-order valence-corrected chi connectivity index (χ0v) is 4.27. The van der Waals surface area contributed by atoms with E-state index < -0.39 is 5.91 Å². The predicted octanol–water partition coefficient (Wildman–Crippen LogP) is -0.229. The average molecular weight is 105 g/mol. The van der Waals surface area contributed by atoms with Crippen LogP contribution in [-0.4, -0.2) is 5.91 Å². The largest absolute Gasteiger partial charge is 0.366 e. The number of nitrogens with two attached hydrogens (primary N) is 1. The molecular weight excluding hydrogens is 98.1 g/mol. The second-order valence-electron chi connectivity index (χ2n) is 0.606. The quantitative estimate of drug-likeness (QED) is 0.460. The van der Waals surface area contributed by atoms with E-state index in [9.17, 15) is 4.79 Å². The van der Waals surface area contributed by atoms with E-state index in [2.05, 4.69) is 12.3 Å². The molecule has 0 atom stereocenters. The Labute approximate surface area is 43.5 Å². The fourth-order valence-corrected chi connectivity index (χ4v) is 0. The van der Waals surface area contributed by atoms with Crippen LogP contribution < -0.4 is 5.73 Å². The Morgan fingerprint density at radius 2 is 2.00 bits per heavy atom. The predicted molar refractivity (Wildman–Crippen MR) is 29.8 cm³/mol. The molecule has 0 aliphatic carbocycles. The van der Waals surface area contributed by atoms with Crippen LogP contribution in [0.1, 0.15) is 0 Å². The van der Waals surface area contributed by atoms with Crippen molar-refractivity contribution in [2.45, 2.75) is 0 Å². The third-order valence-corrected chi connectivity index (χ3v) is 0.201. The third kappa shape index (κ3) is 9.59. The molecule has 0 unspecified atom stereocenters. The van der Waals surface area contributed by atoms with Crippen LogP contribution in [0.2, 0.25) is 0 Å². The first-order chi connectivity index (χ1) is 2.27. The van der Waals surface area contributed by atoms with Crippen molar-refractivity contribution in [3.05, 3.63) is 12.7 Å². The minimum absolute atomic E-state index is 0. The normalized spacial score (nSPS) is 5.33. The van der Waals surface area contributed by atoms with Crippen molar-refractivity contribution in [2.75, 3.05) is 0 Å². The molecule has 0 rings (SSSR count). The third-order valence-electron chi connectivity index (χ3n) is 0.201. The average Bonchev–Trinajstić information content (AvgIpc) is 1.38. The zero-order chi connectivity index (χ0) is 4.28. The molecule has 3 heteroatoms. The summed E-state index contributed by atoms with van der Waals surface area (Å²) in [6.45, 7) is 3.09. The van der Waals surface area contributed by atoms with Crippen LogP contribution in [0.3, 0.4) is 0 Å². The summed E-state index contributed by atoms with van der Waals surface area (Å²) in [6, 6.07) is 0. The van der Waals surface area contributed by atoms with Crippen molar-refractivity contribution in [1.82, 2.24) is 0 Å². The van der Waals surface area contributed by atoms with Gasteiger partial charge in [-0.1, -0.05) is 6.58 Å². The lowest BCUT2D eigenvalue weighted by atomic mass is 10.6. The number of rotatable bonds is 1. The van der Waals surface area contributed by atoms with E-state index in [0.717, 1.165) is 6.08 Å². The number of hydrogen-bond donors (Lipinski definition) is 1. The Hall–Kier alpha value is -0.440. The van der Waals surface area contributed by atoms with Crippen molar-refractivity contribution in [2.24, 2.45) is 5.73 Å². The highest BCUT2D eigenvalue weighted by atomic mass is 32.1. The number of carbonyl (C=O) groups is 1. The molecule has 0 aliphatic rings. The van der Waals surface area contributed by atoms with Gasteiger partial charge in [0, 0.05) is 0 Å². The van der Waals surface area contributed by atoms with E-state index in [4.69, 9.17) is 0 Å². The van der Waals surface area contributed by atoms with Crippen LogP contribution in [0.25, 0.3) is 0 Å². The summed E-state index contributed by atoms with van der Waals surface area (Å²) in [7, 11) is 0. The highest BCUT2D eigenvalue weighted by molar-refractivity contribution is 7.59. The smallest absolute Gasteiger partial charge is 0.240 e. The number of primary amides is 1. The Balaban J connectivity index is 0. The maximum atomic E-state index is 9.47. The van der Waals surface area contributed by atoms with Gasteiger partial charge < -0.3 is 5.73 Å². The summed E-state index contributed by atoms with van der Waals surface area (Å²) in [5.74, 6) is -0.481. The first kappa shape index (κ1) is 9.12. The Kier molecular flexibility index (Phi) is 6.93. The molecule has 0 aliphatic heterocycles. The van der Waals surface area contributed by atoms with Gasteiger partial charge in [0.2, 0.25) is 5.91 Å². The van der Waals surface area contributed by atoms with E-state index in [1.807, 2.05) is 0 Å². The maximum Gasteiger partial charge on any atom is 0.240 e. The lowest BCUT2D eigenvalue weighted by Gasteiger charge is -1.65. The van der Waals surface area contributed by atoms with Gasteiger partial charge in [0.15, 0.2) is 0 Å². The summed E-state index contributed by atoms with van der Waals surface area (Å²) < 4.78 is 0. The molecule has 1 amide bonds. The van der Waals surface area contributed by atoms with Gasteiger partial charge in [-0.25, -0.2) is 0 Å². The van der Waals surface area contributed by atoms with Gasteiger partial charge in [-0.15, -0.1) is 0 Å². The van der Waals surface area contributed by atoms with Crippen LogP contribution in [0.4, 0.5) is 0 Å². The van der Waals surface area contributed by atoms with Crippen LogP contribution in [0.5, 0.6) is 0 Å². The molecule has 0 aromatic heterocycles. The van der Waals surface area contributed by atoms with E-state index in [-0.39, 0.29) is 13.5 Å². The number of carbonyl (C=O) groups excluding carboxylic acids is 1. The van der Waals surface area contributed by atoms with Crippen LogP contribution >= 0.6 is 13.5 Å².